The summed E-state index contributed by atoms with van der Waals surface area (Å²) in [5.41, 5.74) is 1.41. The molecule has 3 heteroatoms. The molecule has 0 aliphatic carbocycles. The van der Waals surface area contributed by atoms with Crippen molar-refractivity contribution in [3.63, 3.8) is 0 Å². The van der Waals surface area contributed by atoms with Crippen LogP contribution in [0.15, 0.2) is 42.5 Å². The molecule has 1 unspecified atom stereocenters. The number of benzene rings is 1. The van der Waals surface area contributed by atoms with E-state index >= 15 is 0 Å². The highest BCUT2D eigenvalue weighted by Gasteiger charge is 2.29. The SMILES string of the molecule is C/C=C\C(CC)N(C(C)=O)C1CCN(CCc2ccccc2)CC1. The Morgan fingerprint density at radius 3 is 2.50 bits per heavy atom. The van der Waals surface area contributed by atoms with Gasteiger partial charge in [0, 0.05) is 38.6 Å². The van der Waals surface area contributed by atoms with E-state index in [0.29, 0.717) is 6.04 Å². The van der Waals surface area contributed by atoms with Crippen LogP contribution in [0.3, 0.4) is 0 Å². The summed E-state index contributed by atoms with van der Waals surface area (Å²) < 4.78 is 0. The minimum Gasteiger partial charge on any atom is -0.333 e. The molecule has 2 rings (SSSR count). The minimum atomic E-state index is 0.211. The van der Waals surface area contributed by atoms with Gasteiger partial charge in [0.15, 0.2) is 0 Å². The number of piperidine rings is 1. The minimum absolute atomic E-state index is 0.211. The van der Waals surface area contributed by atoms with Crippen molar-refractivity contribution in [2.45, 2.75) is 58.5 Å². The third-order valence-corrected chi connectivity index (χ3v) is 5.06. The number of allylic oxidation sites excluding steroid dienone is 1. The molecule has 0 saturated carbocycles. The Morgan fingerprint density at radius 1 is 1.29 bits per heavy atom. The molecule has 0 spiro atoms. The van der Waals surface area contributed by atoms with Crippen LogP contribution in [0.4, 0.5) is 0 Å². The molecule has 24 heavy (non-hydrogen) atoms. The zero-order chi connectivity index (χ0) is 17.4. The Morgan fingerprint density at radius 2 is 1.96 bits per heavy atom. The van der Waals surface area contributed by atoms with Crippen LogP contribution < -0.4 is 0 Å². The van der Waals surface area contributed by atoms with Crippen LogP contribution in [0.1, 0.15) is 45.6 Å². The van der Waals surface area contributed by atoms with Crippen LogP contribution >= 0.6 is 0 Å². The third-order valence-electron chi connectivity index (χ3n) is 5.06. The quantitative estimate of drug-likeness (QED) is 0.709. The van der Waals surface area contributed by atoms with Crippen molar-refractivity contribution in [3.05, 3.63) is 48.0 Å². The fourth-order valence-corrected chi connectivity index (χ4v) is 3.76. The first-order valence-corrected chi connectivity index (χ1v) is 9.33. The molecule has 1 amide bonds. The van der Waals surface area contributed by atoms with Crippen LogP contribution in [-0.2, 0) is 11.2 Å². The van der Waals surface area contributed by atoms with Crippen molar-refractivity contribution >= 4 is 5.91 Å². The van der Waals surface area contributed by atoms with Crippen LogP contribution in [-0.4, -0.2) is 47.4 Å². The molecular formula is C21H32N2O. The maximum Gasteiger partial charge on any atom is 0.220 e. The molecule has 1 aromatic carbocycles. The van der Waals surface area contributed by atoms with Gasteiger partial charge in [-0.1, -0.05) is 49.4 Å². The molecule has 1 aliphatic heterocycles. The number of amides is 1. The van der Waals surface area contributed by atoms with E-state index in [1.54, 1.807) is 6.92 Å². The molecule has 0 radical (unpaired) electrons. The Balaban J connectivity index is 1.86. The van der Waals surface area contributed by atoms with E-state index in [4.69, 9.17) is 0 Å². The van der Waals surface area contributed by atoms with Crippen molar-refractivity contribution in [3.8, 4) is 0 Å². The fraction of sp³-hybridized carbons (Fsp3) is 0.571. The van der Waals surface area contributed by atoms with Crippen molar-refractivity contribution in [1.29, 1.82) is 0 Å². The summed E-state index contributed by atoms with van der Waals surface area (Å²) in [6.07, 6.45) is 8.50. The van der Waals surface area contributed by atoms with Gasteiger partial charge in [0.2, 0.25) is 5.91 Å². The lowest BCUT2D eigenvalue weighted by atomic mass is 9.99. The van der Waals surface area contributed by atoms with Crippen molar-refractivity contribution in [2.24, 2.45) is 0 Å². The second kappa shape index (κ2) is 9.63. The van der Waals surface area contributed by atoms with Crippen LogP contribution in [0.5, 0.6) is 0 Å². The number of rotatable bonds is 7. The highest BCUT2D eigenvalue weighted by Crippen LogP contribution is 2.21. The van der Waals surface area contributed by atoms with E-state index in [9.17, 15) is 4.79 Å². The van der Waals surface area contributed by atoms with Crippen molar-refractivity contribution < 1.29 is 4.79 Å². The van der Waals surface area contributed by atoms with E-state index in [1.807, 2.05) is 6.92 Å². The summed E-state index contributed by atoms with van der Waals surface area (Å²) in [6.45, 7) is 9.21. The van der Waals surface area contributed by atoms with Gasteiger partial charge in [0.25, 0.3) is 0 Å². The molecule has 1 atom stereocenters. The third kappa shape index (κ3) is 5.20. The average Bonchev–Trinajstić information content (AvgIpc) is 2.61. The number of likely N-dealkylation sites (tertiary alicyclic amines) is 1. The fourth-order valence-electron chi connectivity index (χ4n) is 3.76. The van der Waals surface area contributed by atoms with Crippen LogP contribution in [0, 0.1) is 0 Å². The van der Waals surface area contributed by atoms with Crippen molar-refractivity contribution in [1.82, 2.24) is 9.80 Å². The molecule has 1 heterocycles. The molecule has 1 saturated heterocycles. The molecule has 3 nitrogen and oxygen atoms in total. The van der Waals surface area contributed by atoms with Crippen molar-refractivity contribution in [2.75, 3.05) is 19.6 Å². The molecule has 0 aromatic heterocycles. The van der Waals surface area contributed by atoms with E-state index < -0.39 is 0 Å². The van der Waals surface area contributed by atoms with Gasteiger partial charge >= 0.3 is 0 Å². The van der Waals surface area contributed by atoms with Gasteiger partial charge in [-0.3, -0.25) is 4.79 Å². The molecule has 0 N–H and O–H groups in total. The molecule has 132 valence electrons. The summed E-state index contributed by atoms with van der Waals surface area (Å²) in [7, 11) is 0. The average molecular weight is 329 g/mol. The Bertz CT molecular complexity index is 518. The van der Waals surface area contributed by atoms with Crippen LogP contribution in [0.25, 0.3) is 0 Å². The number of carbonyl (C=O) groups is 1. The zero-order valence-electron chi connectivity index (χ0n) is 15.4. The second-order valence-electron chi connectivity index (χ2n) is 6.74. The number of hydrogen-bond donors (Lipinski definition) is 0. The molecule has 0 bridgehead atoms. The highest BCUT2D eigenvalue weighted by atomic mass is 16.2. The first kappa shape index (κ1) is 18.7. The smallest absolute Gasteiger partial charge is 0.220 e. The highest BCUT2D eigenvalue weighted by molar-refractivity contribution is 5.74. The van der Waals surface area contributed by atoms with Gasteiger partial charge in [0.1, 0.15) is 0 Å². The van der Waals surface area contributed by atoms with Gasteiger partial charge in [-0.05, 0) is 38.2 Å². The van der Waals surface area contributed by atoms with Gasteiger partial charge in [-0.2, -0.15) is 0 Å². The number of nitrogens with zero attached hydrogens (tertiary/aromatic N) is 2. The van der Waals surface area contributed by atoms with E-state index in [1.165, 1.54) is 5.56 Å². The largest absolute Gasteiger partial charge is 0.333 e. The normalized spacial score (nSPS) is 18.0. The Labute approximate surface area is 147 Å². The predicted octanol–water partition coefficient (Wildman–Crippen LogP) is 3.90. The second-order valence-corrected chi connectivity index (χ2v) is 6.74. The summed E-state index contributed by atoms with van der Waals surface area (Å²) in [5, 5.41) is 0. The zero-order valence-corrected chi connectivity index (χ0v) is 15.4. The lowest BCUT2D eigenvalue weighted by Gasteiger charge is -2.41. The molecule has 1 aromatic rings. The molecular weight excluding hydrogens is 296 g/mol. The summed E-state index contributed by atoms with van der Waals surface area (Å²) in [6, 6.07) is 11.3. The Kier molecular flexibility index (Phi) is 7.51. The molecule has 1 aliphatic rings. The lowest BCUT2D eigenvalue weighted by molar-refractivity contribution is -0.134. The maximum absolute atomic E-state index is 12.2. The van der Waals surface area contributed by atoms with Crippen LogP contribution in [0.2, 0.25) is 0 Å². The van der Waals surface area contributed by atoms with E-state index in [-0.39, 0.29) is 11.9 Å². The summed E-state index contributed by atoms with van der Waals surface area (Å²) in [4.78, 5) is 16.8. The summed E-state index contributed by atoms with van der Waals surface area (Å²) >= 11 is 0. The van der Waals surface area contributed by atoms with Gasteiger partial charge in [0.05, 0.1) is 0 Å². The van der Waals surface area contributed by atoms with Gasteiger partial charge < -0.3 is 9.80 Å². The number of hydrogen-bond acceptors (Lipinski definition) is 2. The summed E-state index contributed by atoms with van der Waals surface area (Å²) in [5.74, 6) is 0.211. The topological polar surface area (TPSA) is 23.6 Å². The van der Waals surface area contributed by atoms with Gasteiger partial charge in [-0.25, -0.2) is 0 Å². The van der Waals surface area contributed by atoms with E-state index in [2.05, 4.69) is 59.2 Å². The first-order chi connectivity index (χ1) is 11.7. The van der Waals surface area contributed by atoms with Gasteiger partial charge in [-0.15, -0.1) is 0 Å². The maximum atomic E-state index is 12.2. The first-order valence-electron chi connectivity index (χ1n) is 9.33. The Hall–Kier alpha value is -1.61. The lowest BCUT2D eigenvalue weighted by Crippen LogP contribution is -2.50. The standard InChI is InChI=1S/C21H32N2O/c1-4-9-20(5-2)23(18(3)24)21-13-16-22(17-14-21)15-12-19-10-7-6-8-11-19/h4,6-11,20-21H,5,12-17H2,1-3H3/b9-4-. The molecule has 1 fully saturated rings. The van der Waals surface area contributed by atoms with E-state index in [0.717, 1.165) is 45.3 Å². The number of carbonyl (C=O) groups excluding carboxylic acids is 1. The monoisotopic (exact) mass is 328 g/mol. The predicted molar refractivity (Wildman–Crippen MR) is 101 cm³/mol.